The van der Waals surface area contributed by atoms with Gasteiger partial charge < -0.3 is 4.74 Å². The molecule has 104 valence electrons. The molecule has 0 radical (unpaired) electrons. The molecule has 0 unspecified atom stereocenters. The van der Waals surface area contributed by atoms with Crippen molar-refractivity contribution in [2.45, 2.75) is 6.42 Å². The van der Waals surface area contributed by atoms with E-state index in [1.54, 1.807) is 18.2 Å². The van der Waals surface area contributed by atoms with Crippen LogP contribution in [0.2, 0.25) is 0 Å². The maximum atomic E-state index is 13.1. The van der Waals surface area contributed by atoms with Gasteiger partial charge in [-0.25, -0.2) is 8.78 Å². The Morgan fingerprint density at radius 2 is 1.90 bits per heavy atom. The topological polar surface area (TPSA) is 26.3 Å². The average Bonchev–Trinajstić information content (AvgIpc) is 2.43. The van der Waals surface area contributed by atoms with Gasteiger partial charge in [-0.3, -0.25) is 4.79 Å². The minimum absolute atomic E-state index is 0.0109. The van der Waals surface area contributed by atoms with Crippen LogP contribution in [0.15, 0.2) is 40.9 Å². The van der Waals surface area contributed by atoms with Crippen LogP contribution in [0.3, 0.4) is 0 Å². The first kappa shape index (κ1) is 14.7. The van der Waals surface area contributed by atoms with Gasteiger partial charge in [-0.2, -0.15) is 0 Å². The number of Topliss-reactive ketones (excluding diaryl/α,β-unsaturated/α-hetero) is 1. The maximum absolute atomic E-state index is 13.1. The Labute approximate surface area is 123 Å². The summed E-state index contributed by atoms with van der Waals surface area (Å²) in [7, 11) is 1.51. The van der Waals surface area contributed by atoms with Gasteiger partial charge in [-0.15, -0.1) is 0 Å². The van der Waals surface area contributed by atoms with E-state index in [1.807, 2.05) is 0 Å². The van der Waals surface area contributed by atoms with Crippen LogP contribution in [0.1, 0.15) is 15.9 Å². The average molecular weight is 341 g/mol. The van der Waals surface area contributed by atoms with E-state index in [0.29, 0.717) is 21.3 Å². The SMILES string of the molecule is COc1ccc(Br)c(C(=O)Cc2ccc(F)c(F)c2)c1. The van der Waals surface area contributed by atoms with Crippen molar-refractivity contribution in [3.05, 3.63) is 63.6 Å². The molecular formula is C15H11BrF2O2. The lowest BCUT2D eigenvalue weighted by atomic mass is 10.0. The van der Waals surface area contributed by atoms with Crippen LogP contribution in [0.25, 0.3) is 0 Å². The lowest BCUT2D eigenvalue weighted by Crippen LogP contribution is -2.05. The van der Waals surface area contributed by atoms with E-state index in [4.69, 9.17) is 4.74 Å². The number of hydrogen-bond donors (Lipinski definition) is 0. The first-order valence-corrected chi connectivity index (χ1v) is 6.61. The summed E-state index contributed by atoms with van der Waals surface area (Å²) in [5.74, 6) is -1.53. The van der Waals surface area contributed by atoms with Gasteiger partial charge in [0.15, 0.2) is 17.4 Å². The molecule has 2 aromatic rings. The van der Waals surface area contributed by atoms with Crippen molar-refractivity contribution in [3.63, 3.8) is 0 Å². The van der Waals surface area contributed by atoms with E-state index in [1.165, 1.54) is 13.2 Å². The Balaban J connectivity index is 2.25. The van der Waals surface area contributed by atoms with Gasteiger partial charge >= 0.3 is 0 Å². The molecule has 0 fully saturated rings. The van der Waals surface area contributed by atoms with Crippen molar-refractivity contribution >= 4 is 21.7 Å². The van der Waals surface area contributed by atoms with E-state index < -0.39 is 11.6 Å². The summed E-state index contributed by atoms with van der Waals surface area (Å²) >= 11 is 3.29. The summed E-state index contributed by atoms with van der Waals surface area (Å²) in [6.07, 6.45) is -0.0109. The van der Waals surface area contributed by atoms with E-state index in [2.05, 4.69) is 15.9 Å². The number of benzene rings is 2. The number of halogens is 3. The molecule has 0 aliphatic heterocycles. The van der Waals surface area contributed by atoms with Gasteiger partial charge in [0.05, 0.1) is 7.11 Å². The minimum atomic E-state index is -0.958. The van der Waals surface area contributed by atoms with E-state index in [-0.39, 0.29) is 12.2 Å². The Bertz CT molecular complexity index is 656. The number of rotatable bonds is 4. The van der Waals surface area contributed by atoms with Crippen LogP contribution in [0, 0.1) is 11.6 Å². The molecular weight excluding hydrogens is 330 g/mol. The fourth-order valence-electron chi connectivity index (χ4n) is 1.78. The number of carbonyl (C=O) groups is 1. The molecule has 0 atom stereocenters. The van der Waals surface area contributed by atoms with Crippen LogP contribution in [-0.2, 0) is 6.42 Å². The smallest absolute Gasteiger partial charge is 0.168 e. The molecule has 0 aliphatic carbocycles. The summed E-state index contributed by atoms with van der Waals surface area (Å²) in [4.78, 5) is 12.2. The molecule has 0 N–H and O–H groups in total. The molecule has 5 heteroatoms. The first-order chi connectivity index (χ1) is 9.51. The monoisotopic (exact) mass is 340 g/mol. The van der Waals surface area contributed by atoms with Gasteiger partial charge in [0, 0.05) is 16.5 Å². The van der Waals surface area contributed by atoms with Crippen LogP contribution < -0.4 is 4.74 Å². The molecule has 0 heterocycles. The van der Waals surface area contributed by atoms with Crippen molar-refractivity contribution in [1.29, 1.82) is 0 Å². The summed E-state index contributed by atoms with van der Waals surface area (Å²) < 4.78 is 31.6. The summed E-state index contributed by atoms with van der Waals surface area (Å²) in [5, 5.41) is 0. The Morgan fingerprint density at radius 1 is 1.15 bits per heavy atom. The highest BCUT2D eigenvalue weighted by atomic mass is 79.9. The molecule has 0 saturated carbocycles. The molecule has 2 aromatic carbocycles. The molecule has 2 rings (SSSR count). The summed E-state index contributed by atoms with van der Waals surface area (Å²) in [6.45, 7) is 0. The summed E-state index contributed by atoms with van der Waals surface area (Å²) in [6, 6.07) is 8.46. The lowest BCUT2D eigenvalue weighted by molar-refractivity contribution is 0.0992. The van der Waals surface area contributed by atoms with Crippen LogP contribution in [0.5, 0.6) is 5.75 Å². The molecule has 0 aliphatic rings. The minimum Gasteiger partial charge on any atom is -0.497 e. The number of ketones is 1. The zero-order valence-electron chi connectivity index (χ0n) is 10.6. The number of ether oxygens (including phenoxy) is 1. The van der Waals surface area contributed by atoms with Crippen LogP contribution in [0.4, 0.5) is 8.78 Å². The van der Waals surface area contributed by atoms with Gasteiger partial charge in [-0.1, -0.05) is 22.0 Å². The van der Waals surface area contributed by atoms with Crippen molar-refractivity contribution in [3.8, 4) is 5.75 Å². The molecule has 0 aromatic heterocycles. The summed E-state index contributed by atoms with van der Waals surface area (Å²) in [5.41, 5.74) is 0.859. The second-order valence-corrected chi connectivity index (χ2v) is 5.05. The number of carbonyl (C=O) groups excluding carboxylic acids is 1. The predicted molar refractivity (Wildman–Crippen MR) is 75.1 cm³/mol. The highest BCUT2D eigenvalue weighted by Gasteiger charge is 2.13. The lowest BCUT2D eigenvalue weighted by Gasteiger charge is -2.07. The van der Waals surface area contributed by atoms with E-state index >= 15 is 0 Å². The quantitative estimate of drug-likeness (QED) is 0.781. The first-order valence-electron chi connectivity index (χ1n) is 5.82. The molecule has 2 nitrogen and oxygen atoms in total. The third-order valence-electron chi connectivity index (χ3n) is 2.82. The Kier molecular flexibility index (Phi) is 4.49. The second-order valence-electron chi connectivity index (χ2n) is 4.19. The normalized spacial score (nSPS) is 10.4. The van der Waals surface area contributed by atoms with Gasteiger partial charge in [0.25, 0.3) is 0 Å². The Hall–Kier alpha value is -1.75. The third kappa shape index (κ3) is 3.22. The van der Waals surface area contributed by atoms with Crippen LogP contribution in [-0.4, -0.2) is 12.9 Å². The maximum Gasteiger partial charge on any atom is 0.168 e. The van der Waals surface area contributed by atoms with Crippen molar-refractivity contribution in [1.82, 2.24) is 0 Å². The number of methoxy groups -OCH3 is 1. The fourth-order valence-corrected chi connectivity index (χ4v) is 2.24. The molecule has 20 heavy (non-hydrogen) atoms. The zero-order chi connectivity index (χ0) is 14.7. The standard InChI is InChI=1S/C15H11BrF2O2/c1-20-10-3-4-12(16)11(8-10)15(19)7-9-2-5-13(17)14(18)6-9/h2-6,8H,7H2,1H3. The van der Waals surface area contributed by atoms with Gasteiger partial charge in [-0.05, 0) is 35.9 Å². The molecule has 0 spiro atoms. The second kappa shape index (κ2) is 6.13. The number of hydrogen-bond acceptors (Lipinski definition) is 2. The highest BCUT2D eigenvalue weighted by Crippen LogP contribution is 2.24. The third-order valence-corrected chi connectivity index (χ3v) is 3.51. The predicted octanol–water partition coefficient (Wildman–Crippen LogP) is 4.16. The van der Waals surface area contributed by atoms with Crippen molar-refractivity contribution in [2.75, 3.05) is 7.11 Å². The van der Waals surface area contributed by atoms with Crippen molar-refractivity contribution < 1.29 is 18.3 Å². The van der Waals surface area contributed by atoms with Gasteiger partial charge in [0.1, 0.15) is 5.75 Å². The van der Waals surface area contributed by atoms with E-state index in [9.17, 15) is 13.6 Å². The van der Waals surface area contributed by atoms with Crippen LogP contribution >= 0.6 is 15.9 Å². The molecule has 0 bridgehead atoms. The van der Waals surface area contributed by atoms with E-state index in [0.717, 1.165) is 12.1 Å². The largest absolute Gasteiger partial charge is 0.497 e. The molecule has 0 amide bonds. The molecule has 0 saturated heterocycles. The van der Waals surface area contributed by atoms with Crippen molar-refractivity contribution in [2.24, 2.45) is 0 Å². The fraction of sp³-hybridized carbons (Fsp3) is 0.133. The van der Waals surface area contributed by atoms with Gasteiger partial charge in [0.2, 0.25) is 0 Å². The highest BCUT2D eigenvalue weighted by molar-refractivity contribution is 9.10. The zero-order valence-corrected chi connectivity index (χ0v) is 12.2. The Morgan fingerprint density at radius 3 is 2.55 bits per heavy atom.